The summed E-state index contributed by atoms with van der Waals surface area (Å²) in [4.78, 5) is 0. The highest BCUT2D eigenvalue weighted by Gasteiger charge is 2.27. The third-order valence-corrected chi connectivity index (χ3v) is 5.14. The van der Waals surface area contributed by atoms with E-state index in [4.69, 9.17) is 0 Å². The molecular formula is C11H22OS. The van der Waals surface area contributed by atoms with E-state index in [0.29, 0.717) is 5.41 Å². The van der Waals surface area contributed by atoms with Crippen molar-refractivity contribution in [3.63, 3.8) is 0 Å². The predicted molar refractivity (Wildman–Crippen MR) is 61.8 cm³/mol. The van der Waals surface area contributed by atoms with Gasteiger partial charge in [0.15, 0.2) is 0 Å². The normalized spacial score (nSPS) is 37.0. The van der Waals surface area contributed by atoms with E-state index in [1.165, 1.54) is 6.42 Å². The second kappa shape index (κ2) is 3.64. The summed E-state index contributed by atoms with van der Waals surface area (Å²) in [7, 11) is -1.71. The Morgan fingerprint density at radius 2 is 1.85 bits per heavy atom. The maximum atomic E-state index is 11.8. The molecule has 0 amide bonds. The van der Waals surface area contributed by atoms with Crippen molar-refractivity contribution in [1.82, 2.24) is 0 Å². The molecule has 0 bridgehead atoms. The Bertz CT molecular complexity index is 256. The third kappa shape index (κ3) is 3.34. The molecule has 1 heterocycles. The molecule has 0 radical (unpaired) electrons. The van der Waals surface area contributed by atoms with Crippen LogP contribution in [-0.2, 0) is 9.52 Å². The second-order valence-electron chi connectivity index (χ2n) is 5.37. The van der Waals surface area contributed by atoms with Crippen molar-refractivity contribution in [2.24, 2.45) is 11.3 Å². The Hall–Kier alpha value is 0.0200. The Morgan fingerprint density at radius 1 is 1.23 bits per heavy atom. The third-order valence-electron chi connectivity index (χ3n) is 3.13. The van der Waals surface area contributed by atoms with Gasteiger partial charge in [0, 0.05) is 11.5 Å². The topological polar surface area (TPSA) is 17.1 Å². The van der Waals surface area contributed by atoms with Crippen LogP contribution in [0, 0.1) is 11.3 Å². The smallest absolute Gasteiger partial charge is 0.0161 e. The molecule has 1 aliphatic rings. The highest BCUT2D eigenvalue weighted by molar-refractivity contribution is 8.00. The fourth-order valence-electron chi connectivity index (χ4n) is 2.06. The maximum Gasteiger partial charge on any atom is 0.0161 e. The SMILES string of the molecule is C=S1(=O)CCCC(C(C)(C)C)CC1. The van der Waals surface area contributed by atoms with Gasteiger partial charge < -0.3 is 0 Å². The van der Waals surface area contributed by atoms with Gasteiger partial charge in [-0.1, -0.05) is 20.8 Å². The van der Waals surface area contributed by atoms with E-state index in [1.807, 2.05) is 0 Å². The molecule has 0 saturated carbocycles. The molecule has 0 spiro atoms. The number of rotatable bonds is 0. The van der Waals surface area contributed by atoms with Gasteiger partial charge in [-0.25, -0.2) is 0 Å². The minimum absolute atomic E-state index is 0.375. The first-order chi connectivity index (χ1) is 5.81. The fraction of sp³-hybridized carbons (Fsp3) is 0.909. The van der Waals surface area contributed by atoms with Crippen LogP contribution in [0.15, 0.2) is 0 Å². The zero-order valence-corrected chi connectivity index (χ0v) is 9.95. The van der Waals surface area contributed by atoms with E-state index in [0.717, 1.165) is 30.3 Å². The molecule has 2 atom stereocenters. The van der Waals surface area contributed by atoms with Gasteiger partial charge >= 0.3 is 0 Å². The number of hydrogen-bond acceptors (Lipinski definition) is 1. The lowest BCUT2D eigenvalue weighted by atomic mass is 9.77. The van der Waals surface area contributed by atoms with E-state index < -0.39 is 9.52 Å². The molecule has 0 aromatic heterocycles. The lowest BCUT2D eigenvalue weighted by Crippen LogP contribution is -2.21. The average molecular weight is 202 g/mol. The van der Waals surface area contributed by atoms with Crippen LogP contribution < -0.4 is 0 Å². The monoisotopic (exact) mass is 202 g/mol. The van der Waals surface area contributed by atoms with Crippen LogP contribution in [0.2, 0.25) is 0 Å². The van der Waals surface area contributed by atoms with Crippen LogP contribution in [0.25, 0.3) is 0 Å². The predicted octanol–water partition coefficient (Wildman–Crippen LogP) is 2.55. The minimum atomic E-state index is -1.71. The summed E-state index contributed by atoms with van der Waals surface area (Å²) in [5.74, 6) is 6.26. The van der Waals surface area contributed by atoms with Gasteiger partial charge in [-0.3, -0.25) is 4.21 Å². The Balaban J connectivity index is 2.66. The molecule has 1 nitrogen and oxygen atoms in total. The molecule has 0 aromatic rings. The van der Waals surface area contributed by atoms with Crippen LogP contribution in [0.4, 0.5) is 0 Å². The molecule has 0 aliphatic carbocycles. The van der Waals surface area contributed by atoms with Crippen molar-refractivity contribution < 1.29 is 4.21 Å². The summed E-state index contributed by atoms with van der Waals surface area (Å²) in [6.07, 6.45) is 3.44. The standard InChI is InChI=1S/C11H22OS/c1-11(2,3)10-6-5-8-13(4,12)9-7-10/h10H,4-9H2,1-3H3. The van der Waals surface area contributed by atoms with E-state index in [9.17, 15) is 4.21 Å². The average Bonchev–Trinajstić information content (AvgIpc) is 2.08. The molecule has 2 unspecified atom stereocenters. The molecule has 2 heteroatoms. The maximum absolute atomic E-state index is 11.8. The lowest BCUT2D eigenvalue weighted by molar-refractivity contribution is 0.221. The van der Waals surface area contributed by atoms with Crippen molar-refractivity contribution in [3.05, 3.63) is 0 Å². The van der Waals surface area contributed by atoms with Crippen LogP contribution >= 0.6 is 0 Å². The van der Waals surface area contributed by atoms with E-state index in [-0.39, 0.29) is 0 Å². The Kier molecular flexibility index (Phi) is 3.11. The lowest BCUT2D eigenvalue weighted by Gasteiger charge is -2.29. The highest BCUT2D eigenvalue weighted by atomic mass is 32.2. The molecule has 1 aliphatic heterocycles. The van der Waals surface area contributed by atoms with Crippen molar-refractivity contribution in [2.75, 3.05) is 11.5 Å². The summed E-state index contributed by atoms with van der Waals surface area (Å²) < 4.78 is 11.8. The summed E-state index contributed by atoms with van der Waals surface area (Å²) >= 11 is 0. The molecular weight excluding hydrogens is 180 g/mol. The Morgan fingerprint density at radius 3 is 2.38 bits per heavy atom. The van der Waals surface area contributed by atoms with E-state index in [1.54, 1.807) is 0 Å². The molecule has 0 N–H and O–H groups in total. The van der Waals surface area contributed by atoms with Gasteiger partial charge in [0.1, 0.15) is 0 Å². The molecule has 0 aromatic carbocycles. The fourth-order valence-corrected chi connectivity index (χ4v) is 3.67. The van der Waals surface area contributed by atoms with Gasteiger partial charge in [-0.2, -0.15) is 0 Å². The van der Waals surface area contributed by atoms with Gasteiger partial charge in [-0.05, 0) is 46.0 Å². The quantitative estimate of drug-likeness (QED) is 0.552. The number of hydrogen-bond donors (Lipinski definition) is 0. The van der Waals surface area contributed by atoms with E-state index in [2.05, 4.69) is 26.6 Å². The van der Waals surface area contributed by atoms with Gasteiger partial charge in [0.25, 0.3) is 0 Å². The van der Waals surface area contributed by atoms with Crippen molar-refractivity contribution >= 4 is 15.4 Å². The minimum Gasteiger partial charge on any atom is -0.268 e. The Labute approximate surface area is 82.9 Å². The van der Waals surface area contributed by atoms with Crippen molar-refractivity contribution in [3.8, 4) is 0 Å². The van der Waals surface area contributed by atoms with Gasteiger partial charge in [-0.15, -0.1) is 0 Å². The largest absolute Gasteiger partial charge is 0.268 e. The summed E-state index contributed by atoms with van der Waals surface area (Å²) in [6, 6.07) is 0. The van der Waals surface area contributed by atoms with Crippen molar-refractivity contribution in [2.45, 2.75) is 40.0 Å². The highest BCUT2D eigenvalue weighted by Crippen LogP contribution is 2.34. The summed E-state index contributed by atoms with van der Waals surface area (Å²) in [5, 5.41) is 0. The van der Waals surface area contributed by atoms with Crippen LogP contribution in [0.1, 0.15) is 40.0 Å². The summed E-state index contributed by atoms with van der Waals surface area (Å²) in [5.41, 5.74) is 0.375. The van der Waals surface area contributed by atoms with Crippen LogP contribution in [0.3, 0.4) is 0 Å². The zero-order valence-electron chi connectivity index (χ0n) is 9.14. The van der Waals surface area contributed by atoms with Gasteiger partial charge in [0.2, 0.25) is 0 Å². The zero-order chi connectivity index (χ0) is 10.1. The molecule has 78 valence electrons. The second-order valence-corrected chi connectivity index (χ2v) is 8.12. The van der Waals surface area contributed by atoms with E-state index >= 15 is 0 Å². The van der Waals surface area contributed by atoms with Gasteiger partial charge in [0.05, 0.1) is 0 Å². The first-order valence-corrected chi connectivity index (χ1v) is 7.20. The molecule has 1 fully saturated rings. The molecule has 1 rings (SSSR count). The first-order valence-electron chi connectivity index (χ1n) is 5.14. The molecule has 13 heavy (non-hydrogen) atoms. The van der Waals surface area contributed by atoms with Crippen molar-refractivity contribution in [1.29, 1.82) is 0 Å². The summed E-state index contributed by atoms with van der Waals surface area (Å²) in [6.45, 7) is 6.86. The van der Waals surface area contributed by atoms with Crippen LogP contribution in [-0.4, -0.2) is 21.6 Å². The van der Waals surface area contributed by atoms with Crippen LogP contribution in [0.5, 0.6) is 0 Å². The molecule has 1 saturated heterocycles. The first kappa shape index (κ1) is 11.1.